The van der Waals surface area contributed by atoms with E-state index < -0.39 is 26.4 Å². The number of benzene rings is 2. The van der Waals surface area contributed by atoms with Gasteiger partial charge >= 0.3 is 0 Å². The summed E-state index contributed by atoms with van der Waals surface area (Å²) in [4.78, 5) is -0.568. The third-order valence-electron chi connectivity index (χ3n) is 2.89. The minimum absolute atomic E-state index is 0.158. The van der Waals surface area contributed by atoms with Crippen LogP contribution in [0.1, 0.15) is 11.1 Å². The molecule has 0 aliphatic heterocycles. The molecule has 22 heavy (non-hydrogen) atoms. The van der Waals surface area contributed by atoms with Crippen LogP contribution in [0.25, 0.3) is 6.08 Å². The van der Waals surface area contributed by atoms with Crippen LogP contribution in [0.4, 0.5) is 8.78 Å². The second-order valence-corrected chi connectivity index (χ2v) is 6.49. The van der Waals surface area contributed by atoms with E-state index in [1.165, 1.54) is 0 Å². The number of hydrogen-bond acceptors (Lipinski definition) is 3. The topological polar surface area (TPSA) is 57.9 Å². The van der Waals surface area contributed by atoms with Crippen LogP contribution < -0.4 is 0 Å². The van der Waals surface area contributed by atoms with Gasteiger partial charge in [0.15, 0.2) is 9.84 Å². The lowest BCUT2D eigenvalue weighted by molar-refractivity contribution is 0.581. The first kappa shape index (κ1) is 15.9. The fourth-order valence-electron chi connectivity index (χ4n) is 1.82. The Balaban J connectivity index is 2.38. The highest BCUT2D eigenvalue weighted by Gasteiger charge is 2.19. The Hall–Kier alpha value is -2.52. The quantitative estimate of drug-likeness (QED) is 0.811. The average Bonchev–Trinajstić information content (AvgIpc) is 2.46. The van der Waals surface area contributed by atoms with E-state index in [1.807, 2.05) is 0 Å². The summed E-state index contributed by atoms with van der Waals surface area (Å²) in [6.07, 6.45) is 0.910. The number of halogens is 2. The standard InChI is InChI=1S/C16H11F2NO2S/c17-14-7-6-13(16(18)9-14)8-15(10-19)22(20,21)11-12-4-2-1-3-5-12/h1-9H,11H2/b15-8+. The Bertz CT molecular complexity index is 853. The molecule has 0 N–H and O–H groups in total. The third kappa shape index (κ3) is 3.77. The van der Waals surface area contributed by atoms with Crippen LogP contribution in [0.3, 0.4) is 0 Å². The second-order valence-electron chi connectivity index (χ2n) is 4.53. The van der Waals surface area contributed by atoms with Gasteiger partial charge in [0.25, 0.3) is 0 Å². The number of hydrogen-bond donors (Lipinski definition) is 0. The smallest absolute Gasteiger partial charge is 0.192 e. The Morgan fingerprint density at radius 2 is 1.82 bits per heavy atom. The molecule has 2 aromatic carbocycles. The van der Waals surface area contributed by atoms with Crippen LogP contribution >= 0.6 is 0 Å². The van der Waals surface area contributed by atoms with Gasteiger partial charge in [-0.05, 0) is 23.8 Å². The molecule has 112 valence electrons. The van der Waals surface area contributed by atoms with E-state index in [1.54, 1.807) is 36.4 Å². The lowest BCUT2D eigenvalue weighted by Gasteiger charge is -2.04. The van der Waals surface area contributed by atoms with E-state index in [-0.39, 0.29) is 11.3 Å². The van der Waals surface area contributed by atoms with E-state index in [0.717, 1.165) is 18.2 Å². The van der Waals surface area contributed by atoms with Gasteiger partial charge in [0, 0.05) is 11.6 Å². The minimum Gasteiger partial charge on any atom is -0.223 e. The fourth-order valence-corrected chi connectivity index (χ4v) is 3.06. The van der Waals surface area contributed by atoms with E-state index in [0.29, 0.717) is 11.6 Å². The summed E-state index contributed by atoms with van der Waals surface area (Å²) in [6, 6.07) is 12.6. The SMILES string of the molecule is N#C/C(=C\c1ccc(F)cc1F)S(=O)(=O)Cc1ccccc1. The number of sulfone groups is 1. The molecule has 0 amide bonds. The summed E-state index contributed by atoms with van der Waals surface area (Å²) >= 11 is 0. The third-order valence-corrected chi connectivity index (χ3v) is 4.49. The summed E-state index contributed by atoms with van der Waals surface area (Å²) in [5.74, 6) is -2.07. The molecule has 0 radical (unpaired) electrons. The zero-order valence-electron chi connectivity index (χ0n) is 11.3. The minimum atomic E-state index is -3.91. The van der Waals surface area contributed by atoms with Crippen molar-refractivity contribution in [2.45, 2.75) is 5.75 Å². The highest BCUT2D eigenvalue weighted by Crippen LogP contribution is 2.19. The van der Waals surface area contributed by atoms with Crippen molar-refractivity contribution >= 4 is 15.9 Å². The summed E-state index contributed by atoms with van der Waals surface area (Å²) in [5, 5.41) is 9.05. The Morgan fingerprint density at radius 1 is 1.14 bits per heavy atom. The maximum absolute atomic E-state index is 13.6. The van der Waals surface area contributed by atoms with Crippen molar-refractivity contribution in [3.63, 3.8) is 0 Å². The predicted octanol–water partition coefficient (Wildman–Crippen LogP) is 3.44. The lowest BCUT2D eigenvalue weighted by atomic mass is 10.2. The molecular weight excluding hydrogens is 308 g/mol. The van der Waals surface area contributed by atoms with Gasteiger partial charge in [0.1, 0.15) is 22.6 Å². The van der Waals surface area contributed by atoms with Gasteiger partial charge in [-0.1, -0.05) is 30.3 Å². The van der Waals surface area contributed by atoms with Gasteiger partial charge in [-0.3, -0.25) is 0 Å². The zero-order chi connectivity index (χ0) is 16.2. The van der Waals surface area contributed by atoms with Crippen LogP contribution in [0, 0.1) is 23.0 Å². The lowest BCUT2D eigenvalue weighted by Crippen LogP contribution is -2.06. The van der Waals surface area contributed by atoms with Gasteiger partial charge in [0.05, 0.1) is 5.75 Å². The van der Waals surface area contributed by atoms with Gasteiger partial charge < -0.3 is 0 Å². The molecule has 0 bridgehead atoms. The molecule has 6 heteroatoms. The van der Waals surface area contributed by atoms with Crippen molar-refractivity contribution in [1.29, 1.82) is 5.26 Å². The van der Waals surface area contributed by atoms with E-state index in [4.69, 9.17) is 5.26 Å². The molecule has 2 rings (SSSR count). The van der Waals surface area contributed by atoms with E-state index in [9.17, 15) is 17.2 Å². The maximum atomic E-state index is 13.6. The first-order valence-electron chi connectivity index (χ1n) is 6.26. The van der Waals surface area contributed by atoms with Gasteiger partial charge in [0.2, 0.25) is 0 Å². The molecule has 0 aromatic heterocycles. The van der Waals surface area contributed by atoms with Crippen molar-refractivity contribution < 1.29 is 17.2 Å². The van der Waals surface area contributed by atoms with Gasteiger partial charge in [-0.25, -0.2) is 17.2 Å². The van der Waals surface area contributed by atoms with Crippen molar-refractivity contribution in [1.82, 2.24) is 0 Å². The Kier molecular flexibility index (Phi) is 4.68. The first-order valence-corrected chi connectivity index (χ1v) is 7.91. The maximum Gasteiger partial charge on any atom is 0.192 e. The molecule has 0 aliphatic rings. The molecular formula is C16H11F2NO2S. The molecule has 0 unspecified atom stereocenters. The van der Waals surface area contributed by atoms with Crippen LogP contribution in [0.15, 0.2) is 53.4 Å². The van der Waals surface area contributed by atoms with Crippen LogP contribution in [-0.2, 0) is 15.6 Å². The predicted molar refractivity (Wildman–Crippen MR) is 79.0 cm³/mol. The largest absolute Gasteiger partial charge is 0.223 e. The summed E-state index contributed by atoms with van der Waals surface area (Å²) in [6.45, 7) is 0. The highest BCUT2D eigenvalue weighted by atomic mass is 32.2. The molecule has 0 atom stereocenters. The molecule has 0 fully saturated rings. The zero-order valence-corrected chi connectivity index (χ0v) is 12.1. The van der Waals surface area contributed by atoms with E-state index in [2.05, 4.69) is 0 Å². The van der Waals surface area contributed by atoms with Crippen molar-refractivity contribution in [3.05, 3.63) is 76.2 Å². The Morgan fingerprint density at radius 3 is 2.41 bits per heavy atom. The number of nitrogens with zero attached hydrogens (tertiary/aromatic N) is 1. The summed E-state index contributed by atoms with van der Waals surface area (Å²) in [7, 11) is -3.91. The molecule has 0 heterocycles. The number of nitriles is 1. The van der Waals surface area contributed by atoms with Crippen molar-refractivity contribution in [2.24, 2.45) is 0 Å². The summed E-state index contributed by atoms with van der Waals surface area (Å²) < 4.78 is 50.9. The number of rotatable bonds is 4. The molecule has 0 aliphatic carbocycles. The second kappa shape index (κ2) is 6.50. The Labute approximate surface area is 127 Å². The average molecular weight is 319 g/mol. The van der Waals surface area contributed by atoms with Gasteiger partial charge in [-0.2, -0.15) is 5.26 Å². The molecule has 3 nitrogen and oxygen atoms in total. The van der Waals surface area contributed by atoms with Crippen LogP contribution in [0.2, 0.25) is 0 Å². The van der Waals surface area contributed by atoms with Crippen LogP contribution in [0.5, 0.6) is 0 Å². The normalized spacial score (nSPS) is 12.0. The first-order chi connectivity index (χ1) is 10.4. The van der Waals surface area contributed by atoms with Gasteiger partial charge in [-0.15, -0.1) is 0 Å². The molecule has 0 saturated heterocycles. The molecule has 2 aromatic rings. The number of allylic oxidation sites excluding steroid dienone is 1. The fraction of sp³-hybridized carbons (Fsp3) is 0.0625. The molecule has 0 spiro atoms. The highest BCUT2D eigenvalue weighted by molar-refractivity contribution is 7.95. The summed E-state index contributed by atoms with van der Waals surface area (Å²) in [5.41, 5.74) is 0.359. The van der Waals surface area contributed by atoms with Crippen molar-refractivity contribution in [2.75, 3.05) is 0 Å². The van der Waals surface area contributed by atoms with E-state index >= 15 is 0 Å². The van der Waals surface area contributed by atoms with Crippen molar-refractivity contribution in [3.8, 4) is 6.07 Å². The monoisotopic (exact) mass is 319 g/mol. The molecule has 0 saturated carbocycles. The van der Waals surface area contributed by atoms with Crippen LogP contribution in [-0.4, -0.2) is 8.42 Å².